The van der Waals surface area contributed by atoms with Gasteiger partial charge in [0.05, 0.1) is 12.7 Å². The summed E-state index contributed by atoms with van der Waals surface area (Å²) in [5.41, 5.74) is 0.913. The van der Waals surface area contributed by atoms with Crippen LogP contribution < -0.4 is 4.74 Å². The molecule has 0 bridgehead atoms. The van der Waals surface area contributed by atoms with Crippen LogP contribution in [-0.4, -0.2) is 11.7 Å². The molecule has 1 unspecified atom stereocenters. The summed E-state index contributed by atoms with van der Waals surface area (Å²) in [6.07, 6.45) is 7.90. The lowest BCUT2D eigenvalue weighted by Gasteiger charge is -2.14. The smallest absolute Gasteiger partial charge is 0.125 e. The second-order valence-electron chi connectivity index (χ2n) is 5.08. The van der Waals surface area contributed by atoms with Crippen molar-refractivity contribution >= 4 is 0 Å². The number of hydrogen-bond acceptors (Lipinski definition) is 2. The van der Waals surface area contributed by atoms with Gasteiger partial charge >= 0.3 is 0 Å². The van der Waals surface area contributed by atoms with Crippen LogP contribution in [-0.2, 0) is 0 Å². The fourth-order valence-corrected chi connectivity index (χ4v) is 2.17. The van der Waals surface area contributed by atoms with Crippen molar-refractivity contribution in [2.24, 2.45) is 0 Å². The molecular formula is C17H28O2. The lowest BCUT2D eigenvalue weighted by molar-refractivity contribution is 0.167. The summed E-state index contributed by atoms with van der Waals surface area (Å²) >= 11 is 0. The third kappa shape index (κ3) is 6.11. The molecule has 108 valence electrons. The van der Waals surface area contributed by atoms with Gasteiger partial charge in [0.25, 0.3) is 0 Å². The molecule has 0 aromatic heterocycles. The summed E-state index contributed by atoms with van der Waals surface area (Å²) in [4.78, 5) is 0. The van der Waals surface area contributed by atoms with Gasteiger partial charge in [0.15, 0.2) is 0 Å². The standard InChI is InChI=1S/C17H28O2/c1-3-5-6-7-8-11-14-19-17-13-10-9-12-15(17)16(18)4-2/h9-10,12-13,16,18H,3-8,11,14H2,1-2H3. The van der Waals surface area contributed by atoms with Crippen molar-refractivity contribution in [2.75, 3.05) is 6.61 Å². The molecule has 0 aliphatic heterocycles. The van der Waals surface area contributed by atoms with E-state index in [0.717, 1.165) is 30.8 Å². The van der Waals surface area contributed by atoms with Crippen molar-refractivity contribution in [1.82, 2.24) is 0 Å². The van der Waals surface area contributed by atoms with Crippen LogP contribution in [0.25, 0.3) is 0 Å². The maximum absolute atomic E-state index is 9.93. The Kier molecular flexibility index (Phi) is 8.31. The van der Waals surface area contributed by atoms with Crippen LogP contribution in [0.1, 0.15) is 70.5 Å². The lowest BCUT2D eigenvalue weighted by atomic mass is 10.1. The molecule has 0 radical (unpaired) electrons. The molecule has 2 heteroatoms. The first-order chi connectivity index (χ1) is 9.29. The predicted octanol–water partition coefficient (Wildman–Crippen LogP) is 4.87. The van der Waals surface area contributed by atoms with Crippen molar-refractivity contribution in [3.63, 3.8) is 0 Å². The van der Waals surface area contributed by atoms with Gasteiger partial charge in [-0.25, -0.2) is 0 Å². The third-order valence-corrected chi connectivity index (χ3v) is 3.42. The highest BCUT2D eigenvalue weighted by Crippen LogP contribution is 2.27. The van der Waals surface area contributed by atoms with Crippen molar-refractivity contribution in [3.05, 3.63) is 29.8 Å². The van der Waals surface area contributed by atoms with Crippen LogP contribution in [0.2, 0.25) is 0 Å². The van der Waals surface area contributed by atoms with Crippen LogP contribution in [0.15, 0.2) is 24.3 Å². The van der Waals surface area contributed by atoms with E-state index in [4.69, 9.17) is 4.74 Å². The highest BCUT2D eigenvalue weighted by Gasteiger charge is 2.10. The van der Waals surface area contributed by atoms with E-state index in [1.165, 1.54) is 32.1 Å². The number of benzene rings is 1. The molecule has 0 aliphatic rings. The third-order valence-electron chi connectivity index (χ3n) is 3.42. The summed E-state index contributed by atoms with van der Waals surface area (Å²) < 4.78 is 5.81. The van der Waals surface area contributed by atoms with E-state index in [2.05, 4.69) is 6.92 Å². The summed E-state index contributed by atoms with van der Waals surface area (Å²) in [5, 5.41) is 9.93. The van der Waals surface area contributed by atoms with E-state index < -0.39 is 6.10 Å². The van der Waals surface area contributed by atoms with Gasteiger partial charge in [0.1, 0.15) is 5.75 Å². The first-order valence-electron chi connectivity index (χ1n) is 7.69. The number of hydrogen-bond donors (Lipinski definition) is 1. The van der Waals surface area contributed by atoms with Crippen molar-refractivity contribution in [3.8, 4) is 5.75 Å². The fraction of sp³-hybridized carbons (Fsp3) is 0.647. The monoisotopic (exact) mass is 264 g/mol. The minimum Gasteiger partial charge on any atom is -0.493 e. The molecule has 0 saturated heterocycles. The summed E-state index contributed by atoms with van der Waals surface area (Å²) in [6.45, 7) is 4.97. The van der Waals surface area contributed by atoms with E-state index in [1.54, 1.807) is 0 Å². The van der Waals surface area contributed by atoms with Crippen molar-refractivity contribution < 1.29 is 9.84 Å². The highest BCUT2D eigenvalue weighted by atomic mass is 16.5. The van der Waals surface area contributed by atoms with Crippen LogP contribution in [0.3, 0.4) is 0 Å². The van der Waals surface area contributed by atoms with Gasteiger partial charge in [0.2, 0.25) is 0 Å². The molecule has 0 saturated carbocycles. The molecule has 0 spiro atoms. The van der Waals surface area contributed by atoms with Gasteiger partial charge < -0.3 is 9.84 Å². The number of ether oxygens (including phenoxy) is 1. The number of para-hydroxylation sites is 1. The zero-order valence-corrected chi connectivity index (χ0v) is 12.4. The van der Waals surface area contributed by atoms with Crippen LogP contribution in [0.4, 0.5) is 0 Å². The lowest BCUT2D eigenvalue weighted by Crippen LogP contribution is -2.03. The molecule has 0 fully saturated rings. The molecule has 1 atom stereocenters. The van der Waals surface area contributed by atoms with Gasteiger partial charge in [0, 0.05) is 5.56 Å². The molecule has 1 aromatic carbocycles. The minimum absolute atomic E-state index is 0.416. The normalized spacial score (nSPS) is 12.4. The molecular weight excluding hydrogens is 236 g/mol. The predicted molar refractivity (Wildman–Crippen MR) is 80.6 cm³/mol. The minimum atomic E-state index is -0.416. The molecule has 0 aliphatic carbocycles. The van der Waals surface area contributed by atoms with E-state index in [1.807, 2.05) is 31.2 Å². The largest absolute Gasteiger partial charge is 0.493 e. The van der Waals surface area contributed by atoms with E-state index in [-0.39, 0.29) is 0 Å². The molecule has 19 heavy (non-hydrogen) atoms. The van der Waals surface area contributed by atoms with E-state index in [9.17, 15) is 5.11 Å². The average molecular weight is 264 g/mol. The Morgan fingerprint density at radius 3 is 2.42 bits per heavy atom. The number of unbranched alkanes of at least 4 members (excludes halogenated alkanes) is 5. The van der Waals surface area contributed by atoms with Gasteiger partial charge in [-0.1, -0.05) is 64.2 Å². The summed E-state index contributed by atoms with van der Waals surface area (Å²) in [6, 6.07) is 7.81. The van der Waals surface area contributed by atoms with Gasteiger partial charge in [-0.2, -0.15) is 0 Å². The van der Waals surface area contributed by atoms with Gasteiger partial charge in [-0.15, -0.1) is 0 Å². The molecule has 0 heterocycles. The first-order valence-corrected chi connectivity index (χ1v) is 7.69. The SMILES string of the molecule is CCCCCCCCOc1ccccc1C(O)CC. The van der Waals surface area contributed by atoms with E-state index in [0.29, 0.717) is 0 Å². The number of aliphatic hydroxyl groups is 1. The topological polar surface area (TPSA) is 29.5 Å². The van der Waals surface area contributed by atoms with Crippen molar-refractivity contribution in [1.29, 1.82) is 0 Å². The summed E-state index contributed by atoms with van der Waals surface area (Å²) in [5.74, 6) is 0.838. The second kappa shape index (κ2) is 9.85. The Bertz CT molecular complexity index is 336. The van der Waals surface area contributed by atoms with Crippen LogP contribution in [0.5, 0.6) is 5.75 Å². The van der Waals surface area contributed by atoms with Gasteiger partial charge in [-0.3, -0.25) is 0 Å². The van der Waals surface area contributed by atoms with Crippen LogP contribution in [0, 0.1) is 0 Å². The number of aliphatic hydroxyl groups excluding tert-OH is 1. The second-order valence-corrected chi connectivity index (χ2v) is 5.08. The fourth-order valence-electron chi connectivity index (χ4n) is 2.17. The Balaban J connectivity index is 2.29. The van der Waals surface area contributed by atoms with E-state index >= 15 is 0 Å². The zero-order valence-electron chi connectivity index (χ0n) is 12.4. The average Bonchev–Trinajstić information content (AvgIpc) is 2.46. The summed E-state index contributed by atoms with van der Waals surface area (Å²) in [7, 11) is 0. The maximum atomic E-state index is 9.93. The highest BCUT2D eigenvalue weighted by molar-refractivity contribution is 5.34. The number of rotatable bonds is 10. The molecule has 2 nitrogen and oxygen atoms in total. The maximum Gasteiger partial charge on any atom is 0.125 e. The van der Waals surface area contributed by atoms with Gasteiger partial charge in [-0.05, 0) is 18.9 Å². The first kappa shape index (κ1) is 16.0. The molecule has 0 amide bonds. The Morgan fingerprint density at radius 2 is 1.68 bits per heavy atom. The quantitative estimate of drug-likeness (QED) is 0.611. The zero-order chi connectivity index (χ0) is 13.9. The Hall–Kier alpha value is -1.02. The molecule has 1 rings (SSSR count). The van der Waals surface area contributed by atoms with Crippen LogP contribution >= 0.6 is 0 Å². The molecule has 1 N–H and O–H groups in total. The van der Waals surface area contributed by atoms with Crippen molar-refractivity contribution in [2.45, 2.75) is 64.9 Å². The molecule has 1 aromatic rings. The Labute approximate surface area is 117 Å². The Morgan fingerprint density at radius 1 is 1.00 bits per heavy atom.